The fourth-order valence-electron chi connectivity index (χ4n) is 1.08. The van der Waals surface area contributed by atoms with Crippen LogP contribution in [0.3, 0.4) is 0 Å². The van der Waals surface area contributed by atoms with Crippen LogP contribution in [0, 0.1) is 0 Å². The number of nitrogens with zero attached hydrogens (tertiary/aromatic N) is 2. The van der Waals surface area contributed by atoms with Gasteiger partial charge in [0, 0.05) is 6.20 Å². The minimum atomic E-state index is 0.509. The SMILES string of the molecule is C1=CC2CN=CN2C=C1.CC.CC. The van der Waals surface area contributed by atoms with Gasteiger partial charge in [-0.3, -0.25) is 4.99 Å². The molecule has 0 N–H and O–H groups in total. The van der Waals surface area contributed by atoms with Crippen molar-refractivity contribution in [3.05, 3.63) is 24.4 Å². The smallest absolute Gasteiger partial charge is 0.0896 e. The quantitative estimate of drug-likeness (QED) is 0.559. The second-order valence-corrected chi connectivity index (χ2v) is 2.22. The molecule has 13 heavy (non-hydrogen) atoms. The monoisotopic (exact) mass is 180 g/mol. The van der Waals surface area contributed by atoms with Gasteiger partial charge in [0.05, 0.1) is 18.9 Å². The molecular formula is C11H20N2. The van der Waals surface area contributed by atoms with Gasteiger partial charge in [-0.15, -0.1) is 0 Å². The van der Waals surface area contributed by atoms with Gasteiger partial charge in [0.2, 0.25) is 0 Å². The molecule has 0 fully saturated rings. The van der Waals surface area contributed by atoms with Gasteiger partial charge >= 0.3 is 0 Å². The maximum Gasteiger partial charge on any atom is 0.0896 e. The van der Waals surface area contributed by atoms with Crippen LogP contribution in [-0.4, -0.2) is 23.8 Å². The number of rotatable bonds is 0. The maximum absolute atomic E-state index is 4.13. The molecule has 0 radical (unpaired) electrons. The molecule has 0 aromatic rings. The lowest BCUT2D eigenvalue weighted by Crippen LogP contribution is -2.25. The maximum atomic E-state index is 4.13. The van der Waals surface area contributed by atoms with E-state index in [4.69, 9.17) is 0 Å². The highest BCUT2D eigenvalue weighted by Crippen LogP contribution is 2.10. The van der Waals surface area contributed by atoms with Crippen molar-refractivity contribution in [1.29, 1.82) is 0 Å². The van der Waals surface area contributed by atoms with E-state index in [2.05, 4.69) is 22.0 Å². The zero-order valence-corrected chi connectivity index (χ0v) is 9.07. The molecule has 1 unspecified atom stereocenters. The van der Waals surface area contributed by atoms with Gasteiger partial charge in [0.15, 0.2) is 0 Å². The molecule has 1 atom stereocenters. The fraction of sp³-hybridized carbons (Fsp3) is 0.545. The van der Waals surface area contributed by atoms with Gasteiger partial charge in [-0.1, -0.05) is 39.8 Å². The predicted molar refractivity (Wildman–Crippen MR) is 60.0 cm³/mol. The summed E-state index contributed by atoms with van der Waals surface area (Å²) in [6.07, 6.45) is 10.2. The summed E-state index contributed by atoms with van der Waals surface area (Å²) in [5.74, 6) is 0. The van der Waals surface area contributed by atoms with Crippen molar-refractivity contribution in [1.82, 2.24) is 4.90 Å². The fourth-order valence-corrected chi connectivity index (χ4v) is 1.08. The minimum Gasteiger partial charge on any atom is -0.331 e. The van der Waals surface area contributed by atoms with E-state index in [0.717, 1.165) is 6.54 Å². The van der Waals surface area contributed by atoms with Crippen molar-refractivity contribution in [2.45, 2.75) is 33.7 Å². The zero-order valence-electron chi connectivity index (χ0n) is 9.07. The Morgan fingerprint density at radius 1 is 1.15 bits per heavy atom. The molecule has 0 saturated carbocycles. The third kappa shape index (κ3) is 3.45. The van der Waals surface area contributed by atoms with Crippen LogP contribution in [0.1, 0.15) is 27.7 Å². The standard InChI is InChI=1S/C7H8N2.2C2H6/c1-2-4-9-6-8-5-7(9)3-1;2*1-2/h1-4,6-7H,5H2;2*1-2H3. The van der Waals surface area contributed by atoms with E-state index in [9.17, 15) is 0 Å². The Morgan fingerprint density at radius 3 is 2.46 bits per heavy atom. The van der Waals surface area contributed by atoms with E-state index in [1.807, 2.05) is 46.3 Å². The average molecular weight is 180 g/mol. The molecule has 2 heterocycles. The number of aliphatic imine (C=N–C) groups is 1. The molecule has 0 aromatic heterocycles. The summed E-state index contributed by atoms with van der Waals surface area (Å²) in [7, 11) is 0. The normalized spacial score (nSPS) is 21.2. The first-order chi connectivity index (χ1) is 6.47. The lowest BCUT2D eigenvalue weighted by atomic mass is 10.2. The van der Waals surface area contributed by atoms with Crippen molar-refractivity contribution < 1.29 is 0 Å². The summed E-state index contributed by atoms with van der Waals surface area (Å²) in [5.41, 5.74) is 0. The molecule has 2 rings (SSSR count). The molecule has 74 valence electrons. The summed E-state index contributed by atoms with van der Waals surface area (Å²) in [4.78, 5) is 6.24. The molecule has 0 bridgehead atoms. The van der Waals surface area contributed by atoms with Crippen LogP contribution in [0.25, 0.3) is 0 Å². The third-order valence-electron chi connectivity index (χ3n) is 1.59. The predicted octanol–water partition coefficient (Wildman–Crippen LogP) is 2.83. The molecule has 0 amide bonds. The Balaban J connectivity index is 0.000000322. The lowest BCUT2D eigenvalue weighted by molar-refractivity contribution is 0.518. The first kappa shape index (κ1) is 11.9. The number of allylic oxidation sites excluding steroid dienone is 2. The molecule has 0 spiro atoms. The Hall–Kier alpha value is -1.05. The third-order valence-corrected chi connectivity index (χ3v) is 1.59. The lowest BCUT2D eigenvalue weighted by Gasteiger charge is -2.18. The van der Waals surface area contributed by atoms with Crippen molar-refractivity contribution in [3.63, 3.8) is 0 Å². The molecule has 2 aliphatic heterocycles. The first-order valence-electron chi connectivity index (χ1n) is 5.09. The van der Waals surface area contributed by atoms with Crippen LogP contribution in [0.4, 0.5) is 0 Å². The van der Waals surface area contributed by atoms with Crippen LogP contribution in [0.2, 0.25) is 0 Å². The minimum absolute atomic E-state index is 0.509. The van der Waals surface area contributed by atoms with Gasteiger partial charge in [-0.25, -0.2) is 0 Å². The Morgan fingerprint density at radius 2 is 1.85 bits per heavy atom. The van der Waals surface area contributed by atoms with E-state index in [1.54, 1.807) is 0 Å². The van der Waals surface area contributed by atoms with E-state index in [1.165, 1.54) is 0 Å². The summed E-state index contributed by atoms with van der Waals surface area (Å²) in [6, 6.07) is 0.509. The van der Waals surface area contributed by atoms with Gasteiger partial charge in [0.1, 0.15) is 0 Å². The molecule has 0 aliphatic carbocycles. The molecule has 2 heteroatoms. The van der Waals surface area contributed by atoms with Crippen LogP contribution in [0.5, 0.6) is 0 Å². The van der Waals surface area contributed by atoms with Crippen LogP contribution in [0.15, 0.2) is 29.4 Å². The second-order valence-electron chi connectivity index (χ2n) is 2.22. The van der Waals surface area contributed by atoms with Gasteiger partial charge in [-0.05, 0) is 6.08 Å². The van der Waals surface area contributed by atoms with E-state index >= 15 is 0 Å². The van der Waals surface area contributed by atoms with Gasteiger partial charge in [-0.2, -0.15) is 0 Å². The van der Waals surface area contributed by atoms with Crippen LogP contribution >= 0.6 is 0 Å². The molecule has 0 saturated heterocycles. The van der Waals surface area contributed by atoms with E-state index in [0.29, 0.717) is 6.04 Å². The highest BCUT2D eigenvalue weighted by atomic mass is 15.2. The summed E-state index contributed by atoms with van der Waals surface area (Å²) in [6.45, 7) is 8.92. The molecule has 2 aliphatic rings. The highest BCUT2D eigenvalue weighted by Gasteiger charge is 2.15. The number of fused-ring (bicyclic) bond motifs is 1. The van der Waals surface area contributed by atoms with E-state index < -0.39 is 0 Å². The largest absolute Gasteiger partial charge is 0.331 e. The Bertz CT molecular complexity index is 192. The van der Waals surface area contributed by atoms with E-state index in [-0.39, 0.29) is 0 Å². The van der Waals surface area contributed by atoms with Crippen molar-refractivity contribution >= 4 is 6.34 Å². The summed E-state index contributed by atoms with van der Waals surface area (Å²) in [5, 5.41) is 0. The van der Waals surface area contributed by atoms with Gasteiger partial charge in [0.25, 0.3) is 0 Å². The second kappa shape index (κ2) is 7.59. The molecular weight excluding hydrogens is 160 g/mol. The first-order valence-corrected chi connectivity index (χ1v) is 5.09. The topological polar surface area (TPSA) is 15.6 Å². The number of hydrogen-bond acceptors (Lipinski definition) is 2. The Labute approximate surface area is 81.7 Å². The molecule has 2 nitrogen and oxygen atoms in total. The molecule has 0 aromatic carbocycles. The van der Waals surface area contributed by atoms with Crippen molar-refractivity contribution in [3.8, 4) is 0 Å². The van der Waals surface area contributed by atoms with Crippen molar-refractivity contribution in [2.24, 2.45) is 4.99 Å². The average Bonchev–Trinajstić information content (AvgIpc) is 2.71. The van der Waals surface area contributed by atoms with Gasteiger partial charge < -0.3 is 4.90 Å². The van der Waals surface area contributed by atoms with Crippen molar-refractivity contribution in [2.75, 3.05) is 6.54 Å². The summed E-state index contributed by atoms with van der Waals surface area (Å²) >= 11 is 0. The zero-order chi connectivity index (χ0) is 10.1. The van der Waals surface area contributed by atoms with Crippen LogP contribution in [-0.2, 0) is 0 Å². The van der Waals surface area contributed by atoms with Crippen LogP contribution < -0.4 is 0 Å². The number of hydrogen-bond donors (Lipinski definition) is 0. The summed E-state index contributed by atoms with van der Waals surface area (Å²) < 4.78 is 0. The highest BCUT2D eigenvalue weighted by molar-refractivity contribution is 5.61. The Kier molecular flexibility index (Phi) is 6.98.